The van der Waals surface area contributed by atoms with Crippen molar-refractivity contribution in [1.82, 2.24) is 4.90 Å². The Morgan fingerprint density at radius 2 is 1.85 bits per heavy atom. The molecular weight excluding hydrogens is 374 g/mol. The predicted molar refractivity (Wildman–Crippen MR) is 97.4 cm³/mol. The van der Waals surface area contributed by atoms with Crippen LogP contribution in [0, 0.1) is 10.1 Å². The summed E-state index contributed by atoms with van der Waals surface area (Å²) in [4.78, 5) is 47.2. The van der Waals surface area contributed by atoms with Gasteiger partial charge in [0.15, 0.2) is 5.37 Å². The number of nitro groups is 1. The first-order valence-corrected chi connectivity index (χ1v) is 8.59. The molecule has 1 aliphatic heterocycles. The first kappa shape index (κ1) is 18.4. The van der Waals surface area contributed by atoms with E-state index >= 15 is 0 Å². The summed E-state index contributed by atoms with van der Waals surface area (Å²) < 4.78 is 0. The van der Waals surface area contributed by atoms with E-state index in [1.54, 1.807) is 12.1 Å². The Bertz CT molecular complexity index is 931. The maximum absolute atomic E-state index is 12.5. The van der Waals surface area contributed by atoms with Gasteiger partial charge in [0.05, 0.1) is 17.0 Å². The molecule has 3 rings (SSSR count). The highest BCUT2D eigenvalue weighted by Crippen LogP contribution is 2.30. The highest BCUT2D eigenvalue weighted by molar-refractivity contribution is 8.15. The number of carbonyl (C=O) groups is 3. The second-order valence-corrected chi connectivity index (χ2v) is 6.66. The van der Waals surface area contributed by atoms with Crippen LogP contribution >= 0.6 is 11.8 Å². The summed E-state index contributed by atoms with van der Waals surface area (Å²) >= 11 is 0.749. The highest BCUT2D eigenvalue weighted by Gasteiger charge is 2.40. The zero-order valence-corrected chi connectivity index (χ0v) is 14.5. The molecule has 0 saturated carbocycles. The van der Waals surface area contributed by atoms with Crippen molar-refractivity contribution in [2.24, 2.45) is 0 Å². The molecule has 0 radical (unpaired) electrons. The number of benzene rings is 2. The highest BCUT2D eigenvalue weighted by atomic mass is 32.2. The average Bonchev–Trinajstić information content (AvgIpc) is 2.90. The summed E-state index contributed by atoms with van der Waals surface area (Å²) in [7, 11) is 0. The lowest BCUT2D eigenvalue weighted by Gasteiger charge is -2.15. The van der Waals surface area contributed by atoms with Crippen molar-refractivity contribution in [1.29, 1.82) is 0 Å². The summed E-state index contributed by atoms with van der Waals surface area (Å²) in [6.45, 7) is -0.0264. The number of non-ortho nitro benzene ring substituents is 1. The number of thioether (sulfide) groups is 1. The van der Waals surface area contributed by atoms with E-state index in [1.807, 2.05) is 0 Å². The van der Waals surface area contributed by atoms with Gasteiger partial charge in [0.1, 0.15) is 0 Å². The van der Waals surface area contributed by atoms with Crippen molar-refractivity contribution >= 4 is 40.3 Å². The predicted octanol–water partition coefficient (Wildman–Crippen LogP) is 2.93. The van der Waals surface area contributed by atoms with E-state index in [9.17, 15) is 29.6 Å². The number of para-hydroxylation sites is 1. The molecule has 1 aliphatic rings. The van der Waals surface area contributed by atoms with Gasteiger partial charge in [-0.05, 0) is 29.5 Å². The minimum Gasteiger partial charge on any atom is -0.478 e. The molecule has 2 aromatic rings. The number of anilines is 1. The fourth-order valence-corrected chi connectivity index (χ4v) is 3.42. The number of imide groups is 1. The zero-order valence-electron chi connectivity index (χ0n) is 13.7. The number of rotatable bonds is 6. The molecule has 0 bridgehead atoms. The minimum atomic E-state index is -1.15. The Hall–Kier alpha value is -3.40. The van der Waals surface area contributed by atoms with E-state index in [2.05, 4.69) is 5.32 Å². The van der Waals surface area contributed by atoms with Crippen LogP contribution in [0.1, 0.15) is 15.9 Å². The van der Waals surface area contributed by atoms with Gasteiger partial charge in [-0.1, -0.05) is 24.3 Å². The molecule has 2 aromatic carbocycles. The molecule has 2 N–H and O–H groups in total. The molecule has 138 valence electrons. The van der Waals surface area contributed by atoms with E-state index < -0.39 is 27.4 Å². The second-order valence-electron chi connectivity index (χ2n) is 5.61. The van der Waals surface area contributed by atoms with Gasteiger partial charge >= 0.3 is 5.97 Å². The average molecular weight is 387 g/mol. The van der Waals surface area contributed by atoms with Crippen LogP contribution in [-0.2, 0) is 11.3 Å². The van der Waals surface area contributed by atoms with E-state index in [0.29, 0.717) is 5.56 Å². The summed E-state index contributed by atoms with van der Waals surface area (Å²) in [6.07, 6.45) is 0. The summed E-state index contributed by atoms with van der Waals surface area (Å²) in [5.74, 6) is -1.66. The van der Waals surface area contributed by atoms with Crippen LogP contribution in [0.2, 0.25) is 0 Å². The third-order valence-electron chi connectivity index (χ3n) is 3.86. The lowest BCUT2D eigenvalue weighted by molar-refractivity contribution is -0.384. The first-order valence-electron chi connectivity index (χ1n) is 7.71. The van der Waals surface area contributed by atoms with Crippen LogP contribution in [0.25, 0.3) is 0 Å². The minimum absolute atomic E-state index is 0.00725. The van der Waals surface area contributed by atoms with Crippen LogP contribution in [-0.4, -0.2) is 37.4 Å². The smallest absolute Gasteiger partial charge is 0.337 e. The van der Waals surface area contributed by atoms with Gasteiger partial charge in [-0.2, -0.15) is 0 Å². The van der Waals surface area contributed by atoms with Gasteiger partial charge in [0, 0.05) is 17.8 Å². The molecule has 2 amide bonds. The maximum Gasteiger partial charge on any atom is 0.337 e. The lowest BCUT2D eigenvalue weighted by Crippen LogP contribution is -2.34. The largest absolute Gasteiger partial charge is 0.478 e. The SMILES string of the molecule is O=C(O)c1ccccc1N[C@H]1SC(=O)N(Cc2ccc([N+](=O)[O-])cc2)C1=O. The molecule has 0 aromatic heterocycles. The number of carbonyl (C=O) groups excluding carboxylic acids is 2. The van der Waals surface area contributed by atoms with E-state index in [1.165, 1.54) is 36.4 Å². The monoisotopic (exact) mass is 387 g/mol. The van der Waals surface area contributed by atoms with Crippen molar-refractivity contribution in [3.05, 3.63) is 69.8 Å². The van der Waals surface area contributed by atoms with Crippen molar-refractivity contribution in [3.8, 4) is 0 Å². The third-order valence-corrected chi connectivity index (χ3v) is 4.84. The number of nitro benzene ring substituents is 1. The normalized spacial score (nSPS) is 16.4. The maximum atomic E-state index is 12.5. The van der Waals surface area contributed by atoms with Crippen molar-refractivity contribution in [2.45, 2.75) is 11.9 Å². The van der Waals surface area contributed by atoms with E-state index in [0.717, 1.165) is 16.7 Å². The van der Waals surface area contributed by atoms with Gasteiger partial charge in [0.25, 0.3) is 16.8 Å². The Balaban J connectivity index is 1.73. The van der Waals surface area contributed by atoms with E-state index in [4.69, 9.17) is 0 Å². The van der Waals surface area contributed by atoms with Crippen LogP contribution in [0.5, 0.6) is 0 Å². The first-order chi connectivity index (χ1) is 12.9. The Kier molecular flexibility index (Phi) is 5.08. The summed E-state index contributed by atoms with van der Waals surface area (Å²) in [5, 5.41) is 21.3. The number of amides is 2. The van der Waals surface area contributed by atoms with Crippen LogP contribution in [0.4, 0.5) is 16.2 Å². The number of hydrogen-bond donors (Lipinski definition) is 2. The second kappa shape index (κ2) is 7.46. The molecular formula is C17H13N3O6S. The molecule has 1 fully saturated rings. The number of nitrogens with one attached hydrogen (secondary N) is 1. The number of nitrogens with zero attached hydrogens (tertiary/aromatic N) is 2. The van der Waals surface area contributed by atoms with Crippen LogP contribution in [0.3, 0.4) is 0 Å². The molecule has 1 heterocycles. The lowest BCUT2D eigenvalue weighted by atomic mass is 10.2. The van der Waals surface area contributed by atoms with Gasteiger partial charge in [0.2, 0.25) is 0 Å². The van der Waals surface area contributed by atoms with Gasteiger partial charge in [-0.3, -0.25) is 24.6 Å². The van der Waals surface area contributed by atoms with E-state index in [-0.39, 0.29) is 23.5 Å². The number of carboxylic acid groups (broad SMARTS) is 1. The molecule has 0 unspecified atom stereocenters. The Morgan fingerprint density at radius 3 is 2.48 bits per heavy atom. The Morgan fingerprint density at radius 1 is 1.19 bits per heavy atom. The molecule has 27 heavy (non-hydrogen) atoms. The fraction of sp³-hybridized carbons (Fsp3) is 0.118. The van der Waals surface area contributed by atoms with Gasteiger partial charge in [-0.25, -0.2) is 4.79 Å². The third kappa shape index (κ3) is 3.90. The van der Waals surface area contributed by atoms with Gasteiger partial charge < -0.3 is 10.4 Å². The topological polar surface area (TPSA) is 130 Å². The molecule has 0 aliphatic carbocycles. The molecule has 1 saturated heterocycles. The standard InChI is InChI=1S/C17H13N3O6S/c21-15-14(18-13-4-2-1-3-12(13)16(22)23)27-17(24)19(15)9-10-5-7-11(8-6-10)20(25)26/h1-8,14,18H,9H2,(H,22,23)/t14-/m0/s1. The Labute approximate surface area is 157 Å². The quantitative estimate of drug-likeness (QED) is 0.571. The zero-order chi connectivity index (χ0) is 19.6. The van der Waals surface area contributed by atoms with Crippen molar-refractivity contribution in [2.75, 3.05) is 5.32 Å². The molecule has 0 spiro atoms. The van der Waals surface area contributed by atoms with Gasteiger partial charge in [-0.15, -0.1) is 0 Å². The van der Waals surface area contributed by atoms with Crippen LogP contribution in [0.15, 0.2) is 48.5 Å². The fourth-order valence-electron chi connectivity index (χ4n) is 2.52. The molecule has 10 heteroatoms. The van der Waals surface area contributed by atoms with Crippen molar-refractivity contribution < 1.29 is 24.4 Å². The van der Waals surface area contributed by atoms with Crippen LogP contribution < -0.4 is 5.32 Å². The number of aromatic carboxylic acids is 1. The summed E-state index contributed by atoms with van der Waals surface area (Å²) in [6, 6.07) is 11.6. The summed E-state index contributed by atoms with van der Waals surface area (Å²) in [5.41, 5.74) is 0.708. The van der Waals surface area contributed by atoms with Crippen molar-refractivity contribution in [3.63, 3.8) is 0 Å². The number of carboxylic acids is 1. The number of hydrogen-bond acceptors (Lipinski definition) is 7. The molecule has 9 nitrogen and oxygen atoms in total. The molecule has 1 atom stereocenters.